The van der Waals surface area contributed by atoms with E-state index in [9.17, 15) is 33.4 Å². The summed E-state index contributed by atoms with van der Waals surface area (Å²) in [7, 11) is 0. The van der Waals surface area contributed by atoms with Gasteiger partial charge in [0, 0.05) is 17.7 Å². The summed E-state index contributed by atoms with van der Waals surface area (Å²) in [6, 6.07) is 7.75. The van der Waals surface area contributed by atoms with E-state index in [4.69, 9.17) is 0 Å². The molecule has 1 N–H and O–H groups in total. The van der Waals surface area contributed by atoms with Crippen LogP contribution in [0.3, 0.4) is 0 Å². The van der Waals surface area contributed by atoms with Crippen molar-refractivity contribution in [2.75, 3.05) is 5.43 Å². The van der Waals surface area contributed by atoms with Gasteiger partial charge in [-0.05, 0) is 18.4 Å². The van der Waals surface area contributed by atoms with Gasteiger partial charge in [-0.2, -0.15) is 18.3 Å². The molecule has 27 heavy (non-hydrogen) atoms. The fraction of sp³-hybridized carbons (Fsp3) is 0.188. The zero-order chi connectivity index (χ0) is 19.8. The lowest BCUT2D eigenvalue weighted by Gasteiger charge is -2.10. The number of hydrogen-bond acceptors (Lipinski definition) is 6. The standard InChI is InChI=1S/C16H11F3N4O4/c17-16(18,19)10-7-13(22(24)25)15(14(8-10)23(26)27)21-20-12-6-5-9-3-1-2-4-11(9)12/h1-4,7-8,21H,5-6H2/b20-12-. The highest BCUT2D eigenvalue weighted by molar-refractivity contribution is 6.05. The molecule has 1 aliphatic carbocycles. The van der Waals surface area contributed by atoms with Crippen LogP contribution in [0.1, 0.15) is 23.1 Å². The molecule has 0 atom stereocenters. The molecule has 0 radical (unpaired) electrons. The first kappa shape index (κ1) is 18.3. The molecular weight excluding hydrogens is 369 g/mol. The summed E-state index contributed by atoms with van der Waals surface area (Å²) in [6.07, 6.45) is -3.80. The summed E-state index contributed by atoms with van der Waals surface area (Å²) in [5.41, 5.74) is 0.193. The lowest BCUT2D eigenvalue weighted by Crippen LogP contribution is -2.10. The first-order valence-corrected chi connectivity index (χ1v) is 7.63. The van der Waals surface area contributed by atoms with Crippen LogP contribution in [0.2, 0.25) is 0 Å². The van der Waals surface area contributed by atoms with E-state index in [1.165, 1.54) is 0 Å². The normalized spacial score (nSPS) is 14.9. The SMILES string of the molecule is O=[N+]([O-])c1cc(C(F)(F)F)cc([N+](=O)[O-])c1N/N=C1/CCc2ccccc21. The number of nitrogens with zero attached hydrogens (tertiary/aromatic N) is 3. The number of anilines is 1. The van der Waals surface area contributed by atoms with Gasteiger partial charge in [-0.1, -0.05) is 24.3 Å². The molecule has 0 bridgehead atoms. The zero-order valence-electron chi connectivity index (χ0n) is 13.5. The molecule has 0 fully saturated rings. The van der Waals surface area contributed by atoms with Crippen molar-refractivity contribution in [2.45, 2.75) is 19.0 Å². The Bertz CT molecular complexity index is 937. The number of halogens is 3. The Morgan fingerprint density at radius 2 is 1.59 bits per heavy atom. The summed E-state index contributed by atoms with van der Waals surface area (Å²) >= 11 is 0. The highest BCUT2D eigenvalue weighted by Gasteiger charge is 2.37. The molecule has 140 valence electrons. The summed E-state index contributed by atoms with van der Waals surface area (Å²) in [5.74, 6) is 0. The lowest BCUT2D eigenvalue weighted by molar-refractivity contribution is -0.392. The number of benzene rings is 2. The van der Waals surface area contributed by atoms with Gasteiger partial charge in [0.25, 0.3) is 0 Å². The highest BCUT2D eigenvalue weighted by Crippen LogP contribution is 2.41. The Morgan fingerprint density at radius 3 is 2.15 bits per heavy atom. The van der Waals surface area contributed by atoms with Crippen LogP contribution in [-0.2, 0) is 12.6 Å². The number of fused-ring (bicyclic) bond motifs is 1. The van der Waals surface area contributed by atoms with Crippen molar-refractivity contribution < 1.29 is 23.0 Å². The largest absolute Gasteiger partial charge is 0.416 e. The number of aryl methyl sites for hydroxylation is 1. The Morgan fingerprint density at radius 1 is 1.00 bits per heavy atom. The topological polar surface area (TPSA) is 111 Å². The molecule has 0 saturated carbocycles. The van der Waals surface area contributed by atoms with Crippen LogP contribution in [0, 0.1) is 20.2 Å². The number of hydrazone groups is 1. The van der Waals surface area contributed by atoms with Crippen LogP contribution in [0.15, 0.2) is 41.5 Å². The first-order valence-electron chi connectivity index (χ1n) is 7.63. The molecule has 0 amide bonds. The maximum absolute atomic E-state index is 12.9. The van der Waals surface area contributed by atoms with Crippen LogP contribution in [-0.4, -0.2) is 15.6 Å². The van der Waals surface area contributed by atoms with E-state index in [0.717, 1.165) is 11.1 Å². The number of alkyl halides is 3. The lowest BCUT2D eigenvalue weighted by atomic mass is 10.1. The van der Waals surface area contributed by atoms with E-state index < -0.39 is 38.6 Å². The summed E-state index contributed by atoms with van der Waals surface area (Å²) in [4.78, 5) is 20.2. The van der Waals surface area contributed by atoms with Gasteiger partial charge in [0.15, 0.2) is 0 Å². The number of nitro benzene ring substituents is 2. The Labute approximate surface area is 149 Å². The molecule has 0 saturated heterocycles. The fourth-order valence-electron chi connectivity index (χ4n) is 2.83. The van der Waals surface area contributed by atoms with E-state index in [0.29, 0.717) is 18.6 Å². The van der Waals surface area contributed by atoms with E-state index in [1.54, 1.807) is 12.1 Å². The van der Waals surface area contributed by atoms with Gasteiger partial charge >= 0.3 is 17.6 Å². The average Bonchev–Trinajstić information content (AvgIpc) is 3.01. The van der Waals surface area contributed by atoms with E-state index >= 15 is 0 Å². The average molecular weight is 380 g/mol. The fourth-order valence-corrected chi connectivity index (χ4v) is 2.83. The molecular formula is C16H11F3N4O4. The molecule has 1 aliphatic rings. The summed E-state index contributed by atoms with van der Waals surface area (Å²) < 4.78 is 38.7. The Balaban J connectivity index is 2.08. The molecule has 0 spiro atoms. The third-order valence-corrected chi connectivity index (χ3v) is 4.08. The molecule has 0 unspecified atom stereocenters. The van der Waals surface area contributed by atoms with Crippen molar-refractivity contribution in [1.82, 2.24) is 0 Å². The quantitative estimate of drug-likeness (QED) is 0.628. The van der Waals surface area contributed by atoms with Crippen LogP contribution in [0.4, 0.5) is 30.2 Å². The number of nitro groups is 2. The van der Waals surface area contributed by atoms with Crippen LogP contribution >= 0.6 is 0 Å². The number of nitrogens with one attached hydrogen (secondary N) is 1. The third-order valence-electron chi connectivity index (χ3n) is 4.08. The predicted molar refractivity (Wildman–Crippen MR) is 89.7 cm³/mol. The predicted octanol–water partition coefficient (Wildman–Crippen LogP) is 4.28. The van der Waals surface area contributed by atoms with Gasteiger partial charge in [0.05, 0.1) is 21.1 Å². The Hall–Kier alpha value is -3.50. The number of hydrogen-bond donors (Lipinski definition) is 1. The van der Waals surface area contributed by atoms with Crippen molar-refractivity contribution >= 4 is 22.8 Å². The van der Waals surface area contributed by atoms with E-state index in [-0.39, 0.29) is 12.1 Å². The summed E-state index contributed by atoms with van der Waals surface area (Å²) in [6.45, 7) is 0. The van der Waals surface area contributed by atoms with Gasteiger partial charge in [0.1, 0.15) is 0 Å². The minimum absolute atomic E-state index is 0.248. The maximum Gasteiger partial charge on any atom is 0.416 e. The van der Waals surface area contributed by atoms with Gasteiger partial charge in [-0.15, -0.1) is 0 Å². The second-order valence-electron chi connectivity index (χ2n) is 5.73. The molecule has 0 aromatic heterocycles. The second kappa shape index (κ2) is 6.67. The smallest absolute Gasteiger partial charge is 0.266 e. The van der Waals surface area contributed by atoms with Crippen molar-refractivity contribution in [2.24, 2.45) is 5.10 Å². The van der Waals surface area contributed by atoms with Crippen molar-refractivity contribution in [1.29, 1.82) is 0 Å². The molecule has 3 rings (SSSR count). The van der Waals surface area contributed by atoms with Gasteiger partial charge in [-0.3, -0.25) is 25.7 Å². The third kappa shape index (κ3) is 3.57. The second-order valence-corrected chi connectivity index (χ2v) is 5.73. The molecule has 0 aliphatic heterocycles. The molecule has 2 aromatic rings. The Kier molecular flexibility index (Phi) is 4.52. The zero-order valence-corrected chi connectivity index (χ0v) is 13.5. The van der Waals surface area contributed by atoms with Crippen molar-refractivity contribution in [3.05, 3.63) is 73.3 Å². The molecule has 0 heterocycles. The van der Waals surface area contributed by atoms with Gasteiger partial charge in [0.2, 0.25) is 5.69 Å². The van der Waals surface area contributed by atoms with Crippen molar-refractivity contribution in [3.8, 4) is 0 Å². The highest BCUT2D eigenvalue weighted by atomic mass is 19.4. The first-order chi connectivity index (χ1) is 12.7. The minimum atomic E-state index is -4.97. The monoisotopic (exact) mass is 380 g/mol. The van der Waals surface area contributed by atoms with Crippen LogP contribution in [0.5, 0.6) is 0 Å². The van der Waals surface area contributed by atoms with E-state index in [2.05, 4.69) is 10.5 Å². The van der Waals surface area contributed by atoms with E-state index in [1.807, 2.05) is 12.1 Å². The molecule has 11 heteroatoms. The molecule has 2 aromatic carbocycles. The van der Waals surface area contributed by atoms with Crippen LogP contribution < -0.4 is 5.43 Å². The van der Waals surface area contributed by atoms with Gasteiger partial charge < -0.3 is 0 Å². The molecule has 8 nitrogen and oxygen atoms in total. The maximum atomic E-state index is 12.9. The van der Waals surface area contributed by atoms with Crippen LogP contribution in [0.25, 0.3) is 0 Å². The summed E-state index contributed by atoms with van der Waals surface area (Å²) in [5, 5.41) is 26.4. The van der Waals surface area contributed by atoms with Crippen molar-refractivity contribution in [3.63, 3.8) is 0 Å². The minimum Gasteiger partial charge on any atom is -0.266 e. The van der Waals surface area contributed by atoms with Gasteiger partial charge in [-0.25, -0.2) is 0 Å². The number of rotatable bonds is 4.